The number of hydrogen-bond acceptors (Lipinski definition) is 5. The van der Waals surface area contributed by atoms with Gasteiger partial charge in [-0.05, 0) is 49.0 Å². The fourth-order valence-corrected chi connectivity index (χ4v) is 3.84. The van der Waals surface area contributed by atoms with Crippen LogP contribution in [0.2, 0.25) is 0 Å². The molecule has 7 nitrogen and oxygen atoms in total. The Morgan fingerprint density at radius 1 is 1.21 bits per heavy atom. The number of nitrogens with zero attached hydrogens (tertiary/aromatic N) is 1. The van der Waals surface area contributed by atoms with Crippen molar-refractivity contribution in [2.24, 2.45) is 0 Å². The second kappa shape index (κ2) is 9.15. The van der Waals surface area contributed by atoms with E-state index in [9.17, 15) is 9.59 Å². The van der Waals surface area contributed by atoms with E-state index < -0.39 is 17.5 Å². The van der Waals surface area contributed by atoms with Crippen molar-refractivity contribution in [3.63, 3.8) is 0 Å². The molecule has 1 heterocycles. The number of urea groups is 1. The zero-order valence-corrected chi connectivity index (χ0v) is 17.7. The van der Waals surface area contributed by atoms with Crippen LogP contribution in [0.15, 0.2) is 59.5 Å². The van der Waals surface area contributed by atoms with Gasteiger partial charge in [-0.3, -0.25) is 10.2 Å². The first kappa shape index (κ1) is 20.9. The van der Waals surface area contributed by atoms with Crippen LogP contribution >= 0.6 is 24.0 Å². The number of benzene rings is 2. The summed E-state index contributed by atoms with van der Waals surface area (Å²) in [5, 5.41) is 6.84. The number of thioether (sulfide) groups is 1. The van der Waals surface area contributed by atoms with Crippen molar-refractivity contribution < 1.29 is 14.3 Å². The lowest BCUT2D eigenvalue weighted by molar-refractivity contribution is -0.132. The molecule has 3 N–H and O–H groups in total. The average Bonchev–Trinajstić information content (AvgIpc) is 2.96. The number of methoxy groups -OCH3 is 1. The molecule has 0 aromatic heterocycles. The second-order valence-corrected chi connectivity index (χ2v) is 8.03. The maximum absolute atomic E-state index is 12.9. The molecule has 2 aromatic carbocycles. The predicted molar refractivity (Wildman–Crippen MR) is 117 cm³/mol. The maximum atomic E-state index is 12.9. The summed E-state index contributed by atoms with van der Waals surface area (Å²) in [4.78, 5) is 26.5. The van der Waals surface area contributed by atoms with Crippen LogP contribution in [-0.2, 0) is 10.3 Å². The van der Waals surface area contributed by atoms with Gasteiger partial charge in [0.1, 0.15) is 11.3 Å². The summed E-state index contributed by atoms with van der Waals surface area (Å²) < 4.78 is 5.21. The van der Waals surface area contributed by atoms with Gasteiger partial charge in [-0.2, -0.15) is 5.01 Å². The van der Waals surface area contributed by atoms with Crippen LogP contribution < -0.4 is 20.8 Å². The van der Waals surface area contributed by atoms with E-state index in [1.54, 1.807) is 50.1 Å². The Hall–Kier alpha value is -2.78. The molecule has 0 spiro atoms. The molecule has 1 aliphatic heterocycles. The highest BCUT2D eigenvalue weighted by molar-refractivity contribution is 7.99. The standard InChI is InChI=1S/C20H22N4O3S2/c1-20(14-7-6-8-15(13-14)27-2)17(25)24(19(26)22-20)23-18(28)21-11-12-29-16-9-4-3-5-10-16/h3-10,13H,11-12H2,1-2H3,(H,22,26)(H2,21,23,28)/t20-/m1/s1. The number of rotatable bonds is 7. The lowest BCUT2D eigenvalue weighted by Crippen LogP contribution is -2.51. The topological polar surface area (TPSA) is 82.7 Å². The molecule has 0 aliphatic carbocycles. The van der Waals surface area contributed by atoms with Gasteiger partial charge >= 0.3 is 6.03 Å². The van der Waals surface area contributed by atoms with Gasteiger partial charge in [0.05, 0.1) is 7.11 Å². The van der Waals surface area contributed by atoms with Crippen LogP contribution in [0.3, 0.4) is 0 Å². The smallest absolute Gasteiger partial charge is 0.344 e. The number of thiocarbonyl (C=S) groups is 1. The highest BCUT2D eigenvalue weighted by Crippen LogP contribution is 2.30. The summed E-state index contributed by atoms with van der Waals surface area (Å²) in [6, 6.07) is 16.5. The summed E-state index contributed by atoms with van der Waals surface area (Å²) in [7, 11) is 1.55. The van der Waals surface area contributed by atoms with Gasteiger partial charge in [-0.15, -0.1) is 11.8 Å². The van der Waals surface area contributed by atoms with Gasteiger partial charge in [-0.25, -0.2) is 4.79 Å². The van der Waals surface area contributed by atoms with E-state index in [-0.39, 0.29) is 5.11 Å². The minimum absolute atomic E-state index is 0.206. The van der Waals surface area contributed by atoms with Gasteiger partial charge in [0.15, 0.2) is 5.11 Å². The van der Waals surface area contributed by atoms with E-state index >= 15 is 0 Å². The van der Waals surface area contributed by atoms with Crippen molar-refractivity contribution in [3.8, 4) is 5.75 Å². The normalized spacial score (nSPS) is 18.3. The van der Waals surface area contributed by atoms with Gasteiger partial charge in [0.25, 0.3) is 5.91 Å². The Balaban J connectivity index is 1.56. The van der Waals surface area contributed by atoms with Gasteiger partial charge < -0.3 is 15.4 Å². The molecule has 3 rings (SSSR count). The van der Waals surface area contributed by atoms with E-state index in [0.29, 0.717) is 17.9 Å². The van der Waals surface area contributed by atoms with Crippen LogP contribution in [-0.4, -0.2) is 41.5 Å². The Labute approximate surface area is 179 Å². The minimum Gasteiger partial charge on any atom is -0.497 e. The molecule has 2 aromatic rings. The van der Waals surface area contributed by atoms with Crippen molar-refractivity contribution in [2.75, 3.05) is 19.4 Å². The van der Waals surface area contributed by atoms with E-state index in [1.807, 2.05) is 30.3 Å². The largest absolute Gasteiger partial charge is 0.497 e. The molecule has 0 saturated carbocycles. The molecular weight excluding hydrogens is 408 g/mol. The third-order valence-corrected chi connectivity index (χ3v) is 5.70. The van der Waals surface area contributed by atoms with E-state index in [0.717, 1.165) is 15.7 Å². The SMILES string of the molecule is COc1cccc([C@@]2(C)NC(=O)N(NC(=S)NCCSc3ccccc3)C2=O)c1. The predicted octanol–water partition coefficient (Wildman–Crippen LogP) is 2.63. The first-order valence-corrected chi connectivity index (χ1v) is 10.4. The molecule has 9 heteroatoms. The third kappa shape index (κ3) is 4.80. The Kier molecular flexibility index (Phi) is 6.60. The molecular formula is C20H22N4O3S2. The molecule has 152 valence electrons. The monoisotopic (exact) mass is 430 g/mol. The van der Waals surface area contributed by atoms with Crippen LogP contribution in [0.25, 0.3) is 0 Å². The first-order valence-electron chi connectivity index (χ1n) is 8.97. The summed E-state index contributed by atoms with van der Waals surface area (Å²) in [5.41, 5.74) is 2.09. The molecule has 1 atom stereocenters. The van der Waals surface area contributed by atoms with Crippen molar-refractivity contribution in [3.05, 3.63) is 60.2 Å². The molecule has 1 aliphatic rings. The number of hydrogen-bond donors (Lipinski definition) is 3. The summed E-state index contributed by atoms with van der Waals surface area (Å²) in [6.45, 7) is 2.23. The molecule has 29 heavy (non-hydrogen) atoms. The molecule has 0 unspecified atom stereocenters. The number of imide groups is 1. The minimum atomic E-state index is -1.21. The molecule has 0 radical (unpaired) electrons. The number of amides is 3. The Morgan fingerprint density at radius 2 is 1.97 bits per heavy atom. The molecule has 1 saturated heterocycles. The lowest BCUT2D eigenvalue weighted by atomic mass is 9.92. The van der Waals surface area contributed by atoms with Crippen molar-refractivity contribution in [1.29, 1.82) is 0 Å². The van der Waals surface area contributed by atoms with Gasteiger partial charge in [0, 0.05) is 17.2 Å². The maximum Gasteiger partial charge on any atom is 0.344 e. The fraction of sp³-hybridized carbons (Fsp3) is 0.250. The molecule has 3 amide bonds. The summed E-state index contributed by atoms with van der Waals surface area (Å²) in [6.07, 6.45) is 0. The van der Waals surface area contributed by atoms with E-state index in [1.165, 1.54) is 0 Å². The fourth-order valence-electron chi connectivity index (χ4n) is 2.86. The Bertz CT molecular complexity index is 910. The van der Waals surface area contributed by atoms with Crippen molar-refractivity contribution in [1.82, 2.24) is 21.1 Å². The number of hydrazine groups is 1. The quantitative estimate of drug-likeness (QED) is 0.270. The van der Waals surface area contributed by atoms with Crippen LogP contribution in [0.5, 0.6) is 5.75 Å². The first-order chi connectivity index (χ1) is 13.9. The van der Waals surface area contributed by atoms with Crippen molar-refractivity contribution >= 4 is 41.0 Å². The molecule has 1 fully saturated rings. The summed E-state index contributed by atoms with van der Waals surface area (Å²) >= 11 is 6.92. The van der Waals surface area contributed by atoms with E-state index in [4.69, 9.17) is 17.0 Å². The number of carbonyl (C=O) groups is 2. The zero-order valence-electron chi connectivity index (χ0n) is 16.1. The highest BCUT2D eigenvalue weighted by Gasteiger charge is 2.49. The van der Waals surface area contributed by atoms with Gasteiger partial charge in [-0.1, -0.05) is 30.3 Å². The van der Waals surface area contributed by atoms with Crippen molar-refractivity contribution in [2.45, 2.75) is 17.4 Å². The van der Waals surface area contributed by atoms with Crippen LogP contribution in [0.1, 0.15) is 12.5 Å². The van der Waals surface area contributed by atoms with Crippen LogP contribution in [0.4, 0.5) is 4.79 Å². The number of ether oxygens (including phenoxy) is 1. The lowest BCUT2D eigenvalue weighted by Gasteiger charge is -2.23. The number of carbonyl (C=O) groups excluding carboxylic acids is 2. The van der Waals surface area contributed by atoms with E-state index in [2.05, 4.69) is 16.1 Å². The van der Waals surface area contributed by atoms with Gasteiger partial charge in [0.2, 0.25) is 0 Å². The second-order valence-electron chi connectivity index (χ2n) is 6.46. The highest BCUT2D eigenvalue weighted by atomic mass is 32.2. The Morgan fingerprint density at radius 3 is 2.69 bits per heavy atom. The average molecular weight is 431 g/mol. The third-order valence-electron chi connectivity index (χ3n) is 4.45. The molecule has 0 bridgehead atoms. The zero-order chi connectivity index (χ0) is 20.9. The number of nitrogens with one attached hydrogen (secondary N) is 3. The summed E-state index contributed by atoms with van der Waals surface area (Å²) in [5.74, 6) is 0.942. The van der Waals surface area contributed by atoms with Crippen LogP contribution in [0, 0.1) is 0 Å².